The number of nitrogens with zero attached hydrogens (tertiary/aromatic N) is 3. The zero-order chi connectivity index (χ0) is 29.5. The van der Waals surface area contributed by atoms with Gasteiger partial charge in [0.15, 0.2) is 11.6 Å². The fraction of sp³-hybridized carbons (Fsp3) is 0.400. The van der Waals surface area contributed by atoms with Crippen molar-refractivity contribution in [3.8, 4) is 16.9 Å². The van der Waals surface area contributed by atoms with E-state index in [9.17, 15) is 27.1 Å². The van der Waals surface area contributed by atoms with Gasteiger partial charge in [-0.2, -0.15) is 4.31 Å². The van der Waals surface area contributed by atoms with E-state index in [2.05, 4.69) is 15.2 Å². The van der Waals surface area contributed by atoms with Crippen LogP contribution in [0.25, 0.3) is 11.1 Å². The number of amides is 1. The highest BCUT2D eigenvalue weighted by Gasteiger charge is 2.47. The number of fused-ring (bicyclic) bond motifs is 2. The molecule has 2 N–H and O–H groups in total. The number of hydrogen-bond donors (Lipinski definition) is 2. The molecule has 222 valence electrons. The molecule has 1 aromatic heterocycles. The second-order valence-corrected chi connectivity index (χ2v) is 13.1. The number of carbonyl (C=O) groups is 1. The van der Waals surface area contributed by atoms with E-state index in [4.69, 9.17) is 4.74 Å². The van der Waals surface area contributed by atoms with E-state index in [1.807, 2.05) is 6.07 Å². The first-order valence-electron chi connectivity index (χ1n) is 14.0. The van der Waals surface area contributed by atoms with Gasteiger partial charge in [-0.05, 0) is 54.3 Å². The molecule has 6 rings (SSSR count). The standard InChI is InChI=1S/C30H32F2N4O5S/c31-24-5-3-20(14-25(24)32)18-35-11-7-30(8-12-35)9-13-41-27-15-21(22-2-1-10-33-17-22)4-6-28(27)42(39,40)36-19-23(37)16-26(36)29(38)34-30/h1-6,10,14-15,17,23,26,37H,7-9,11-13,16,18-19H2,(H,34,38)/t23-,26+/m1/s1. The maximum absolute atomic E-state index is 13.9. The molecule has 2 saturated heterocycles. The molecule has 1 amide bonds. The number of piperidine rings is 1. The summed E-state index contributed by atoms with van der Waals surface area (Å²) >= 11 is 0. The average Bonchev–Trinajstić information content (AvgIpc) is 3.39. The van der Waals surface area contributed by atoms with Gasteiger partial charge in [0, 0.05) is 62.5 Å². The quantitative estimate of drug-likeness (QED) is 0.477. The van der Waals surface area contributed by atoms with E-state index < -0.39 is 45.2 Å². The number of halogens is 2. The predicted octanol–water partition coefficient (Wildman–Crippen LogP) is 3.08. The normalized spacial score (nSPS) is 24.2. The predicted molar refractivity (Wildman–Crippen MR) is 150 cm³/mol. The van der Waals surface area contributed by atoms with Crippen molar-refractivity contribution < 1.29 is 31.8 Å². The number of likely N-dealkylation sites (tertiary alicyclic amines) is 1. The van der Waals surface area contributed by atoms with Crippen LogP contribution in [0.15, 0.2) is 65.8 Å². The maximum atomic E-state index is 13.9. The molecule has 3 aromatic rings. The molecule has 2 aromatic carbocycles. The summed E-state index contributed by atoms with van der Waals surface area (Å²) in [5, 5.41) is 13.6. The lowest BCUT2D eigenvalue weighted by atomic mass is 9.84. The smallest absolute Gasteiger partial charge is 0.247 e. The van der Waals surface area contributed by atoms with Crippen LogP contribution in [0.1, 0.15) is 31.2 Å². The highest BCUT2D eigenvalue weighted by molar-refractivity contribution is 7.89. The van der Waals surface area contributed by atoms with Crippen molar-refractivity contribution in [2.24, 2.45) is 0 Å². The van der Waals surface area contributed by atoms with Crippen LogP contribution in [-0.4, -0.2) is 77.5 Å². The Balaban J connectivity index is 1.29. The molecule has 0 radical (unpaired) electrons. The SMILES string of the molecule is O=C1NC2(CCOc3cc(-c4cccnc4)ccc3S(=O)(=O)N3C[C@H](O)C[C@@H]13)CCN(Cc1ccc(F)c(F)c1)CC2. The number of aliphatic hydroxyl groups excluding tert-OH is 1. The summed E-state index contributed by atoms with van der Waals surface area (Å²) < 4.78 is 62.2. The molecule has 0 bridgehead atoms. The van der Waals surface area contributed by atoms with Crippen LogP contribution in [0, 0.1) is 11.6 Å². The summed E-state index contributed by atoms with van der Waals surface area (Å²) in [6, 6.07) is 11.3. The van der Waals surface area contributed by atoms with E-state index >= 15 is 0 Å². The lowest BCUT2D eigenvalue weighted by molar-refractivity contribution is -0.127. The fourth-order valence-electron chi connectivity index (χ4n) is 6.14. The Labute approximate surface area is 243 Å². The van der Waals surface area contributed by atoms with Crippen LogP contribution >= 0.6 is 0 Å². The molecule has 0 aliphatic carbocycles. The van der Waals surface area contributed by atoms with Gasteiger partial charge in [0.1, 0.15) is 16.7 Å². The van der Waals surface area contributed by atoms with Gasteiger partial charge in [-0.25, -0.2) is 17.2 Å². The van der Waals surface area contributed by atoms with Crippen LogP contribution < -0.4 is 10.1 Å². The van der Waals surface area contributed by atoms with Crippen LogP contribution in [-0.2, 0) is 21.4 Å². The number of aliphatic hydroxyl groups is 1. The third-order valence-corrected chi connectivity index (χ3v) is 10.4. The van der Waals surface area contributed by atoms with E-state index in [1.165, 1.54) is 12.1 Å². The van der Waals surface area contributed by atoms with E-state index in [0.29, 0.717) is 44.5 Å². The van der Waals surface area contributed by atoms with Gasteiger partial charge in [-0.3, -0.25) is 14.7 Å². The summed E-state index contributed by atoms with van der Waals surface area (Å²) in [5.74, 6) is -2.05. The number of ether oxygens (including phenoxy) is 1. The molecule has 42 heavy (non-hydrogen) atoms. The van der Waals surface area contributed by atoms with Gasteiger partial charge >= 0.3 is 0 Å². The van der Waals surface area contributed by atoms with Crippen LogP contribution in [0.5, 0.6) is 5.75 Å². The number of aromatic nitrogens is 1. The lowest BCUT2D eigenvalue weighted by Gasteiger charge is -2.43. The van der Waals surface area contributed by atoms with E-state index in [-0.39, 0.29) is 30.2 Å². The summed E-state index contributed by atoms with van der Waals surface area (Å²) in [6.45, 7) is 1.56. The number of nitrogens with one attached hydrogen (secondary N) is 1. The minimum atomic E-state index is -4.19. The molecule has 4 heterocycles. The van der Waals surface area contributed by atoms with Gasteiger partial charge in [-0.15, -0.1) is 0 Å². The Morgan fingerprint density at radius 1 is 1.05 bits per heavy atom. The molecule has 3 aliphatic rings. The van der Waals surface area contributed by atoms with Crippen molar-refractivity contribution in [2.75, 3.05) is 26.2 Å². The lowest BCUT2D eigenvalue weighted by Crippen LogP contribution is -2.59. The molecule has 3 aliphatic heterocycles. The largest absolute Gasteiger partial charge is 0.492 e. The third-order valence-electron chi connectivity index (χ3n) is 8.49. The number of benzene rings is 2. The molecule has 2 atom stereocenters. The Morgan fingerprint density at radius 2 is 1.86 bits per heavy atom. The van der Waals surface area contributed by atoms with Crippen molar-refractivity contribution >= 4 is 15.9 Å². The highest BCUT2D eigenvalue weighted by Crippen LogP contribution is 2.37. The average molecular weight is 599 g/mol. The first kappa shape index (κ1) is 28.7. The summed E-state index contributed by atoms with van der Waals surface area (Å²) in [6.07, 6.45) is 3.89. The van der Waals surface area contributed by atoms with Gasteiger partial charge in [0.05, 0.1) is 12.7 Å². The summed E-state index contributed by atoms with van der Waals surface area (Å²) in [4.78, 5) is 19.9. The Hall–Kier alpha value is -3.45. The Bertz CT molecular complexity index is 1580. The summed E-state index contributed by atoms with van der Waals surface area (Å²) in [7, 11) is -4.19. The van der Waals surface area contributed by atoms with Crippen molar-refractivity contribution in [3.63, 3.8) is 0 Å². The zero-order valence-electron chi connectivity index (χ0n) is 22.9. The first-order chi connectivity index (χ1) is 20.1. The molecular weight excluding hydrogens is 566 g/mol. The monoisotopic (exact) mass is 598 g/mol. The van der Waals surface area contributed by atoms with Crippen molar-refractivity contribution in [1.82, 2.24) is 19.5 Å². The summed E-state index contributed by atoms with van der Waals surface area (Å²) in [5.41, 5.74) is 1.52. The van der Waals surface area contributed by atoms with Gasteiger partial charge in [-0.1, -0.05) is 18.2 Å². The van der Waals surface area contributed by atoms with E-state index in [0.717, 1.165) is 21.5 Å². The van der Waals surface area contributed by atoms with Crippen LogP contribution in [0.2, 0.25) is 0 Å². The second kappa shape index (κ2) is 11.3. The fourth-order valence-corrected chi connectivity index (χ4v) is 7.89. The molecular formula is C30H32F2N4O5S. The zero-order valence-corrected chi connectivity index (χ0v) is 23.7. The molecule has 0 unspecified atom stereocenters. The number of pyridine rings is 1. The number of hydrogen-bond acceptors (Lipinski definition) is 7. The van der Waals surface area contributed by atoms with Crippen molar-refractivity contribution in [1.29, 1.82) is 0 Å². The van der Waals surface area contributed by atoms with Gasteiger partial charge in [0.25, 0.3) is 0 Å². The van der Waals surface area contributed by atoms with Crippen LogP contribution in [0.3, 0.4) is 0 Å². The maximum Gasteiger partial charge on any atom is 0.247 e. The minimum Gasteiger partial charge on any atom is -0.492 e. The molecule has 0 saturated carbocycles. The highest BCUT2D eigenvalue weighted by atomic mass is 32.2. The first-order valence-corrected chi connectivity index (χ1v) is 15.4. The molecule has 9 nitrogen and oxygen atoms in total. The van der Waals surface area contributed by atoms with Crippen molar-refractivity contribution in [3.05, 3.63) is 78.1 Å². The number of carbonyl (C=O) groups excluding carboxylic acids is 1. The number of rotatable bonds is 3. The molecule has 12 heteroatoms. The number of sulfonamides is 1. The Morgan fingerprint density at radius 3 is 2.60 bits per heavy atom. The van der Waals surface area contributed by atoms with Gasteiger partial charge < -0.3 is 15.2 Å². The minimum absolute atomic E-state index is 0.00659. The molecule has 2 fully saturated rings. The van der Waals surface area contributed by atoms with Crippen molar-refractivity contribution in [2.45, 2.75) is 54.8 Å². The second-order valence-electron chi connectivity index (χ2n) is 11.3. The topological polar surface area (TPSA) is 112 Å². The van der Waals surface area contributed by atoms with Crippen LogP contribution in [0.4, 0.5) is 8.78 Å². The third kappa shape index (κ3) is 5.63. The molecule has 1 spiro atoms. The Kier molecular flexibility index (Phi) is 7.73. The van der Waals surface area contributed by atoms with Gasteiger partial charge in [0.2, 0.25) is 15.9 Å². The van der Waals surface area contributed by atoms with E-state index in [1.54, 1.807) is 36.7 Å².